The molecule has 3 nitrogen and oxygen atoms in total. The zero-order valence-corrected chi connectivity index (χ0v) is 7.84. The van der Waals surface area contributed by atoms with Crippen molar-refractivity contribution >= 4 is 21.8 Å². The number of nitrogens with zero attached hydrogens (tertiary/aromatic N) is 1. The molecule has 1 aromatic carbocycles. The minimum atomic E-state index is -0.105. The Labute approximate surface area is 78.3 Å². The maximum absolute atomic E-state index is 11.3. The molecule has 2 rings (SSSR count). The number of nitrogens with two attached hydrogens (primary N) is 1. The van der Waals surface area contributed by atoms with Gasteiger partial charge in [-0.05, 0) is 17.7 Å². The maximum atomic E-state index is 11.3. The van der Waals surface area contributed by atoms with E-state index in [1.807, 2.05) is 12.1 Å². The van der Waals surface area contributed by atoms with Crippen molar-refractivity contribution in [2.24, 2.45) is 5.84 Å². The van der Waals surface area contributed by atoms with Crippen LogP contribution in [0.1, 0.15) is 15.9 Å². The number of fused-ring (bicyclic) bond motifs is 1. The molecule has 1 aliphatic heterocycles. The van der Waals surface area contributed by atoms with Gasteiger partial charge in [0.15, 0.2) is 0 Å². The third-order valence-corrected chi connectivity index (χ3v) is 2.40. The lowest BCUT2D eigenvalue weighted by Gasteiger charge is -2.04. The van der Waals surface area contributed by atoms with Crippen molar-refractivity contribution in [3.63, 3.8) is 0 Å². The second-order valence-electron chi connectivity index (χ2n) is 2.73. The summed E-state index contributed by atoms with van der Waals surface area (Å²) >= 11 is 3.30. The van der Waals surface area contributed by atoms with Gasteiger partial charge in [-0.1, -0.05) is 22.0 Å². The molecule has 4 heteroatoms. The van der Waals surface area contributed by atoms with Gasteiger partial charge in [0.2, 0.25) is 0 Å². The van der Waals surface area contributed by atoms with Crippen LogP contribution in [0.4, 0.5) is 0 Å². The molecule has 1 aromatic rings. The number of hydrogen-bond acceptors (Lipinski definition) is 2. The number of amides is 1. The van der Waals surface area contributed by atoms with E-state index in [2.05, 4.69) is 15.9 Å². The van der Waals surface area contributed by atoms with Crippen LogP contribution in [-0.4, -0.2) is 10.9 Å². The van der Waals surface area contributed by atoms with Gasteiger partial charge >= 0.3 is 0 Å². The first-order valence-electron chi connectivity index (χ1n) is 3.53. The predicted molar refractivity (Wildman–Crippen MR) is 48.2 cm³/mol. The van der Waals surface area contributed by atoms with Gasteiger partial charge in [-0.25, -0.2) is 5.84 Å². The Morgan fingerprint density at radius 3 is 3.00 bits per heavy atom. The highest BCUT2D eigenvalue weighted by molar-refractivity contribution is 9.10. The average Bonchev–Trinajstić information content (AvgIpc) is 2.31. The number of carbonyl (C=O) groups is 1. The van der Waals surface area contributed by atoms with E-state index >= 15 is 0 Å². The minimum absolute atomic E-state index is 0.105. The Kier molecular flexibility index (Phi) is 1.66. The Balaban J connectivity index is 2.56. The molecule has 0 bridgehead atoms. The van der Waals surface area contributed by atoms with E-state index in [1.165, 1.54) is 5.01 Å². The van der Waals surface area contributed by atoms with Crippen molar-refractivity contribution in [2.75, 3.05) is 0 Å². The summed E-state index contributed by atoms with van der Waals surface area (Å²) < 4.78 is 0.907. The first kappa shape index (κ1) is 7.76. The van der Waals surface area contributed by atoms with Crippen molar-refractivity contribution in [2.45, 2.75) is 6.54 Å². The average molecular weight is 227 g/mol. The molecular weight excluding hydrogens is 220 g/mol. The van der Waals surface area contributed by atoms with Crippen molar-refractivity contribution in [1.29, 1.82) is 0 Å². The molecule has 0 atom stereocenters. The summed E-state index contributed by atoms with van der Waals surface area (Å²) in [5.41, 5.74) is 1.69. The van der Waals surface area contributed by atoms with Crippen LogP contribution in [0.2, 0.25) is 0 Å². The topological polar surface area (TPSA) is 46.3 Å². The predicted octanol–water partition coefficient (Wildman–Crippen LogP) is 1.28. The summed E-state index contributed by atoms with van der Waals surface area (Å²) in [6.45, 7) is 0.515. The van der Waals surface area contributed by atoms with Crippen LogP contribution in [0, 0.1) is 0 Å². The second-order valence-corrected chi connectivity index (χ2v) is 3.65. The highest BCUT2D eigenvalue weighted by Gasteiger charge is 2.24. The fourth-order valence-electron chi connectivity index (χ4n) is 1.30. The van der Waals surface area contributed by atoms with Gasteiger partial charge in [0.05, 0.1) is 6.54 Å². The molecule has 12 heavy (non-hydrogen) atoms. The Morgan fingerprint density at radius 1 is 1.50 bits per heavy atom. The molecule has 0 aliphatic carbocycles. The molecule has 0 aromatic heterocycles. The third kappa shape index (κ3) is 1.04. The summed E-state index contributed by atoms with van der Waals surface area (Å²) in [6, 6.07) is 5.61. The Hall–Kier alpha value is -0.870. The van der Waals surface area contributed by atoms with Crippen LogP contribution in [0.3, 0.4) is 0 Å². The largest absolute Gasteiger partial charge is 0.272 e. The fourth-order valence-corrected chi connectivity index (χ4v) is 1.66. The van der Waals surface area contributed by atoms with Gasteiger partial charge in [-0.3, -0.25) is 9.80 Å². The number of benzene rings is 1. The first-order chi connectivity index (χ1) is 5.68. The molecule has 1 amide bonds. The Morgan fingerprint density at radius 2 is 2.25 bits per heavy atom. The van der Waals surface area contributed by atoms with E-state index in [9.17, 15) is 4.79 Å². The highest BCUT2D eigenvalue weighted by atomic mass is 79.9. The normalized spacial score (nSPS) is 15.2. The van der Waals surface area contributed by atoms with Crippen LogP contribution in [0.15, 0.2) is 22.7 Å². The molecule has 1 aliphatic rings. The van der Waals surface area contributed by atoms with Gasteiger partial charge < -0.3 is 0 Å². The van der Waals surface area contributed by atoms with Crippen LogP contribution in [0.5, 0.6) is 0 Å². The third-order valence-electron chi connectivity index (χ3n) is 1.90. The van der Waals surface area contributed by atoms with Crippen LogP contribution < -0.4 is 5.84 Å². The fraction of sp³-hybridized carbons (Fsp3) is 0.125. The highest BCUT2D eigenvalue weighted by Crippen LogP contribution is 2.23. The van der Waals surface area contributed by atoms with Gasteiger partial charge in [0.1, 0.15) is 0 Å². The zero-order valence-electron chi connectivity index (χ0n) is 6.25. The van der Waals surface area contributed by atoms with E-state index in [1.54, 1.807) is 6.07 Å². The summed E-state index contributed by atoms with van der Waals surface area (Å²) in [7, 11) is 0. The number of carbonyl (C=O) groups excluding carboxylic acids is 1. The summed E-state index contributed by atoms with van der Waals surface area (Å²) in [6.07, 6.45) is 0. The SMILES string of the molecule is NN1Cc2ccc(Br)cc2C1=O. The molecule has 0 unspecified atom stereocenters. The molecule has 0 saturated carbocycles. The van der Waals surface area contributed by atoms with Crippen molar-refractivity contribution in [3.05, 3.63) is 33.8 Å². The summed E-state index contributed by atoms with van der Waals surface area (Å²) in [4.78, 5) is 11.3. The second kappa shape index (κ2) is 2.57. The van der Waals surface area contributed by atoms with Gasteiger partial charge in [-0.15, -0.1) is 0 Å². The molecule has 0 fully saturated rings. The number of hydrogen-bond donors (Lipinski definition) is 1. The van der Waals surface area contributed by atoms with Crippen molar-refractivity contribution < 1.29 is 4.79 Å². The number of hydrazine groups is 1. The monoisotopic (exact) mass is 226 g/mol. The minimum Gasteiger partial charge on any atom is -0.272 e. The van der Waals surface area contributed by atoms with Crippen LogP contribution in [0.25, 0.3) is 0 Å². The summed E-state index contributed by atoms with van der Waals surface area (Å²) in [5, 5.41) is 1.22. The zero-order chi connectivity index (χ0) is 8.72. The molecule has 2 N–H and O–H groups in total. The molecule has 1 heterocycles. The molecule has 0 radical (unpaired) electrons. The molecular formula is C8H7BrN2O. The summed E-state index contributed by atoms with van der Waals surface area (Å²) in [5.74, 6) is 5.34. The van der Waals surface area contributed by atoms with E-state index < -0.39 is 0 Å². The van der Waals surface area contributed by atoms with Crippen LogP contribution >= 0.6 is 15.9 Å². The Bertz CT molecular complexity index is 351. The smallest absolute Gasteiger partial charge is 0.268 e. The van der Waals surface area contributed by atoms with Crippen LogP contribution in [-0.2, 0) is 6.54 Å². The van der Waals surface area contributed by atoms with E-state index in [0.717, 1.165) is 10.0 Å². The number of halogens is 1. The van der Waals surface area contributed by atoms with Crippen molar-refractivity contribution in [1.82, 2.24) is 5.01 Å². The standard InChI is InChI=1S/C8H7BrN2O/c9-6-2-1-5-4-11(10)8(12)7(5)3-6/h1-3H,4,10H2. The quantitative estimate of drug-likeness (QED) is 0.536. The van der Waals surface area contributed by atoms with E-state index in [-0.39, 0.29) is 5.91 Å². The van der Waals surface area contributed by atoms with Gasteiger partial charge in [-0.2, -0.15) is 0 Å². The lowest BCUT2D eigenvalue weighted by Crippen LogP contribution is -2.30. The molecule has 0 spiro atoms. The first-order valence-corrected chi connectivity index (χ1v) is 4.33. The molecule has 0 saturated heterocycles. The lowest BCUT2D eigenvalue weighted by atomic mass is 10.1. The lowest BCUT2D eigenvalue weighted by molar-refractivity contribution is 0.0778. The van der Waals surface area contributed by atoms with Gasteiger partial charge in [0.25, 0.3) is 5.91 Å². The number of rotatable bonds is 0. The maximum Gasteiger partial charge on any atom is 0.268 e. The van der Waals surface area contributed by atoms with E-state index in [4.69, 9.17) is 5.84 Å². The van der Waals surface area contributed by atoms with Crippen molar-refractivity contribution in [3.8, 4) is 0 Å². The van der Waals surface area contributed by atoms with Gasteiger partial charge in [0, 0.05) is 10.0 Å². The molecule has 62 valence electrons. The van der Waals surface area contributed by atoms with E-state index in [0.29, 0.717) is 12.1 Å².